The topological polar surface area (TPSA) is 12.0 Å². The first-order valence-corrected chi connectivity index (χ1v) is 6.50. The second kappa shape index (κ2) is 5.94. The molecule has 0 aromatic heterocycles. The lowest BCUT2D eigenvalue weighted by Crippen LogP contribution is -2.08. The van der Waals surface area contributed by atoms with Crippen molar-refractivity contribution in [1.29, 1.82) is 0 Å². The molecular weight excluding hydrogens is 310 g/mol. The van der Waals surface area contributed by atoms with Gasteiger partial charge in [-0.2, -0.15) is 0 Å². The van der Waals surface area contributed by atoms with E-state index in [1.807, 2.05) is 0 Å². The van der Waals surface area contributed by atoms with E-state index < -0.39 is 17.5 Å². The first kappa shape index (κ1) is 15.0. The maximum Gasteiger partial charge on any atom is 0.194 e. The summed E-state index contributed by atoms with van der Waals surface area (Å²) in [6.45, 7) is 1.75. The minimum atomic E-state index is -1.50. The third-order valence-corrected chi connectivity index (χ3v) is 3.65. The van der Waals surface area contributed by atoms with Crippen molar-refractivity contribution in [2.75, 3.05) is 5.32 Å². The van der Waals surface area contributed by atoms with E-state index >= 15 is 0 Å². The fourth-order valence-corrected chi connectivity index (χ4v) is 2.29. The second-order valence-electron chi connectivity index (χ2n) is 4.26. The van der Waals surface area contributed by atoms with Crippen molar-refractivity contribution in [3.8, 4) is 0 Å². The lowest BCUT2D eigenvalue weighted by Gasteiger charge is -2.17. The molecule has 0 heterocycles. The van der Waals surface area contributed by atoms with Gasteiger partial charge in [0.1, 0.15) is 0 Å². The van der Waals surface area contributed by atoms with Crippen LogP contribution in [0.1, 0.15) is 18.5 Å². The molecule has 0 spiro atoms. The Bertz CT molecular complexity index is 623. The van der Waals surface area contributed by atoms with Gasteiger partial charge in [0.05, 0.1) is 16.1 Å². The van der Waals surface area contributed by atoms with E-state index in [9.17, 15) is 13.2 Å². The molecule has 0 bridgehead atoms. The van der Waals surface area contributed by atoms with Crippen molar-refractivity contribution in [3.63, 3.8) is 0 Å². The van der Waals surface area contributed by atoms with Crippen LogP contribution in [-0.4, -0.2) is 0 Å². The summed E-state index contributed by atoms with van der Waals surface area (Å²) in [5, 5.41) is 3.59. The fourth-order valence-electron chi connectivity index (χ4n) is 1.82. The highest BCUT2D eigenvalue weighted by Crippen LogP contribution is 2.31. The van der Waals surface area contributed by atoms with Crippen molar-refractivity contribution < 1.29 is 13.2 Å². The predicted molar refractivity (Wildman–Crippen MR) is 74.8 cm³/mol. The van der Waals surface area contributed by atoms with Gasteiger partial charge in [-0.3, -0.25) is 0 Å². The minimum absolute atomic E-state index is 0.116. The Kier molecular flexibility index (Phi) is 4.45. The Morgan fingerprint density at radius 3 is 2.25 bits per heavy atom. The Morgan fingerprint density at radius 1 is 1.05 bits per heavy atom. The largest absolute Gasteiger partial charge is 0.378 e. The van der Waals surface area contributed by atoms with Crippen LogP contribution in [0.15, 0.2) is 30.3 Å². The monoisotopic (exact) mass is 319 g/mol. The van der Waals surface area contributed by atoms with Crippen molar-refractivity contribution in [1.82, 2.24) is 0 Å². The van der Waals surface area contributed by atoms with Crippen LogP contribution < -0.4 is 5.32 Å². The maximum atomic E-state index is 13.1. The van der Waals surface area contributed by atoms with Crippen molar-refractivity contribution >= 4 is 28.9 Å². The molecule has 0 aliphatic heterocycles. The van der Waals surface area contributed by atoms with Crippen LogP contribution in [0.2, 0.25) is 10.0 Å². The van der Waals surface area contributed by atoms with E-state index in [4.69, 9.17) is 23.2 Å². The van der Waals surface area contributed by atoms with Crippen LogP contribution in [0.25, 0.3) is 0 Å². The van der Waals surface area contributed by atoms with Crippen molar-refractivity contribution in [3.05, 3.63) is 63.4 Å². The first-order chi connectivity index (χ1) is 9.40. The smallest absolute Gasteiger partial charge is 0.194 e. The zero-order chi connectivity index (χ0) is 14.9. The summed E-state index contributed by atoms with van der Waals surface area (Å²) < 4.78 is 39.1. The van der Waals surface area contributed by atoms with Gasteiger partial charge in [-0.1, -0.05) is 35.3 Å². The molecule has 0 fully saturated rings. The number of halogens is 5. The molecular formula is C14H10Cl2F3N. The van der Waals surface area contributed by atoms with Gasteiger partial charge in [0.15, 0.2) is 17.5 Å². The SMILES string of the molecule is CC(Nc1cc(F)c(F)c(F)c1)c1cccc(Cl)c1Cl. The van der Waals surface area contributed by atoms with Gasteiger partial charge in [0, 0.05) is 17.8 Å². The predicted octanol–water partition coefficient (Wildman–Crippen LogP) is 5.58. The quantitative estimate of drug-likeness (QED) is 0.728. The number of rotatable bonds is 3. The lowest BCUT2D eigenvalue weighted by atomic mass is 10.1. The Morgan fingerprint density at radius 2 is 1.65 bits per heavy atom. The van der Waals surface area contributed by atoms with Gasteiger partial charge >= 0.3 is 0 Å². The Balaban J connectivity index is 2.28. The molecule has 0 saturated heterocycles. The van der Waals surface area contributed by atoms with Crippen molar-refractivity contribution in [2.24, 2.45) is 0 Å². The molecule has 0 amide bonds. The summed E-state index contributed by atoms with van der Waals surface area (Å²) in [5.41, 5.74) is 0.786. The maximum absolute atomic E-state index is 13.1. The molecule has 0 radical (unpaired) electrons. The highest BCUT2D eigenvalue weighted by atomic mass is 35.5. The van der Waals surface area contributed by atoms with Crippen LogP contribution in [-0.2, 0) is 0 Å². The van der Waals surface area contributed by atoms with Gasteiger partial charge in [0.2, 0.25) is 0 Å². The van der Waals surface area contributed by atoms with E-state index in [-0.39, 0.29) is 11.7 Å². The third kappa shape index (κ3) is 3.02. The van der Waals surface area contributed by atoms with Crippen molar-refractivity contribution in [2.45, 2.75) is 13.0 Å². The number of benzene rings is 2. The molecule has 1 N–H and O–H groups in total. The van der Waals surface area contributed by atoms with E-state index in [1.54, 1.807) is 25.1 Å². The molecule has 20 heavy (non-hydrogen) atoms. The Labute approximate surface area is 124 Å². The van der Waals surface area contributed by atoms with Crippen LogP contribution >= 0.6 is 23.2 Å². The van der Waals surface area contributed by atoms with Crippen LogP contribution in [0.4, 0.5) is 18.9 Å². The highest BCUT2D eigenvalue weighted by Gasteiger charge is 2.15. The standard InChI is InChI=1S/C14H10Cl2F3N/c1-7(9-3-2-4-10(15)13(9)16)20-8-5-11(17)14(19)12(18)6-8/h2-7,20H,1H3. The summed E-state index contributed by atoms with van der Waals surface area (Å²) in [6, 6.07) is 6.50. The zero-order valence-electron chi connectivity index (χ0n) is 10.4. The molecule has 2 aromatic rings. The molecule has 6 heteroatoms. The third-order valence-electron chi connectivity index (χ3n) is 2.81. The molecule has 0 aliphatic rings. The molecule has 0 aliphatic carbocycles. The van der Waals surface area contributed by atoms with Gasteiger partial charge in [-0.25, -0.2) is 13.2 Å². The summed E-state index contributed by atoms with van der Waals surface area (Å²) in [4.78, 5) is 0. The first-order valence-electron chi connectivity index (χ1n) is 5.75. The number of hydrogen-bond donors (Lipinski definition) is 1. The fraction of sp³-hybridized carbons (Fsp3) is 0.143. The average molecular weight is 320 g/mol. The van der Waals surface area contributed by atoms with E-state index in [1.165, 1.54) is 0 Å². The molecule has 1 atom stereocenters. The average Bonchev–Trinajstić information content (AvgIpc) is 2.39. The Hall–Kier alpha value is -1.39. The number of nitrogens with one attached hydrogen (secondary N) is 1. The second-order valence-corrected chi connectivity index (χ2v) is 5.05. The van der Waals surface area contributed by atoms with E-state index in [2.05, 4.69) is 5.32 Å². The summed E-state index contributed by atoms with van der Waals surface area (Å²) in [7, 11) is 0. The molecule has 2 rings (SSSR count). The van der Waals surface area contributed by atoms with Gasteiger partial charge < -0.3 is 5.32 Å². The van der Waals surface area contributed by atoms with Gasteiger partial charge in [-0.15, -0.1) is 0 Å². The van der Waals surface area contributed by atoms with E-state index in [0.717, 1.165) is 12.1 Å². The summed E-state index contributed by atoms with van der Waals surface area (Å²) in [6.07, 6.45) is 0. The van der Waals surface area contributed by atoms with Gasteiger partial charge in [0.25, 0.3) is 0 Å². The normalized spacial score (nSPS) is 12.3. The zero-order valence-corrected chi connectivity index (χ0v) is 11.9. The lowest BCUT2D eigenvalue weighted by molar-refractivity contribution is 0.447. The minimum Gasteiger partial charge on any atom is -0.378 e. The number of hydrogen-bond acceptors (Lipinski definition) is 1. The highest BCUT2D eigenvalue weighted by molar-refractivity contribution is 6.42. The molecule has 106 valence electrons. The van der Waals surface area contributed by atoms with Crippen LogP contribution in [0, 0.1) is 17.5 Å². The van der Waals surface area contributed by atoms with E-state index in [0.29, 0.717) is 15.6 Å². The summed E-state index contributed by atoms with van der Waals surface area (Å²) >= 11 is 12.0. The summed E-state index contributed by atoms with van der Waals surface area (Å²) in [5.74, 6) is -4.00. The molecule has 1 unspecified atom stereocenters. The van der Waals surface area contributed by atoms with Gasteiger partial charge in [-0.05, 0) is 18.6 Å². The van der Waals surface area contributed by atoms with Crippen LogP contribution in [0.5, 0.6) is 0 Å². The molecule has 0 saturated carbocycles. The molecule has 1 nitrogen and oxygen atoms in total. The molecule has 2 aromatic carbocycles. The van der Waals surface area contributed by atoms with Crippen LogP contribution in [0.3, 0.4) is 0 Å². The number of anilines is 1.